The Morgan fingerprint density at radius 1 is 0.943 bits per heavy atom. The molecule has 1 fully saturated rings. The molecule has 276 valence electrons. The first-order valence-electron chi connectivity index (χ1n) is 17.6. The lowest BCUT2D eigenvalue weighted by molar-refractivity contribution is -0.137. The molecule has 0 radical (unpaired) electrons. The van der Waals surface area contributed by atoms with Gasteiger partial charge in [0.15, 0.2) is 5.82 Å². The highest BCUT2D eigenvalue weighted by Gasteiger charge is 2.32. The number of hydrogen-bond donors (Lipinski definition) is 4. The first-order chi connectivity index (χ1) is 25.5. The molecule has 0 aliphatic carbocycles. The van der Waals surface area contributed by atoms with Crippen LogP contribution in [0.15, 0.2) is 53.5 Å². The van der Waals surface area contributed by atoms with E-state index >= 15 is 0 Å². The van der Waals surface area contributed by atoms with E-state index in [1.54, 1.807) is 35.6 Å². The van der Waals surface area contributed by atoms with Gasteiger partial charge in [-0.2, -0.15) is 0 Å². The minimum Gasteiger partial charge on any atom is -0.356 e. The summed E-state index contributed by atoms with van der Waals surface area (Å²) in [6.45, 7) is 6.55. The minimum absolute atomic E-state index is 0.0668. The lowest BCUT2D eigenvalue weighted by atomic mass is 9.99. The van der Waals surface area contributed by atoms with E-state index in [-0.39, 0.29) is 49.3 Å². The molecule has 2 aliphatic heterocycles. The summed E-state index contributed by atoms with van der Waals surface area (Å²) in [5.74, 6) is -0.0693. The molecule has 15 heteroatoms. The summed E-state index contributed by atoms with van der Waals surface area (Å²) in [6, 6.07) is 13.2. The number of piperidine rings is 1. The van der Waals surface area contributed by atoms with E-state index in [9.17, 15) is 24.0 Å². The Morgan fingerprint density at radius 3 is 2.43 bits per heavy atom. The van der Waals surface area contributed by atoms with E-state index in [1.807, 2.05) is 35.8 Å². The van der Waals surface area contributed by atoms with Crippen molar-refractivity contribution < 1.29 is 24.0 Å². The molecule has 0 spiro atoms. The maximum Gasteiger partial charge on any atom is 0.249 e. The van der Waals surface area contributed by atoms with Gasteiger partial charge in [0.25, 0.3) is 0 Å². The first kappa shape index (κ1) is 37.5. The minimum atomic E-state index is -0.719. The number of amides is 5. The zero-order chi connectivity index (χ0) is 37.6. The molecule has 2 aromatic heterocycles. The van der Waals surface area contributed by atoms with Gasteiger partial charge in [-0.25, -0.2) is 0 Å². The molecule has 13 nitrogen and oxygen atoms in total. The molecule has 2 aliphatic rings. The SMILES string of the molecule is Cc1sc2c(c1C)C(c1ccc(Cl)cc1)=N[C@@H](CC(=O)NCCCCCC(=O)Nc1ccc(CC(=O)NC3CCC(=O)NC3=O)cc1)c1nnc(C)n1-2. The average molecular weight is 757 g/mol. The van der Waals surface area contributed by atoms with E-state index < -0.39 is 18.0 Å². The number of thiophene rings is 1. The molecule has 1 saturated heterocycles. The second-order valence-electron chi connectivity index (χ2n) is 13.3. The van der Waals surface area contributed by atoms with Gasteiger partial charge < -0.3 is 16.0 Å². The zero-order valence-corrected chi connectivity index (χ0v) is 31.3. The lowest BCUT2D eigenvalue weighted by Crippen LogP contribution is -2.52. The summed E-state index contributed by atoms with van der Waals surface area (Å²) in [6.07, 6.45) is 3.09. The van der Waals surface area contributed by atoms with E-state index in [0.29, 0.717) is 42.3 Å². The summed E-state index contributed by atoms with van der Waals surface area (Å²) in [4.78, 5) is 67.7. The Bertz CT molecular complexity index is 2070. The number of benzene rings is 2. The summed E-state index contributed by atoms with van der Waals surface area (Å²) >= 11 is 7.87. The van der Waals surface area contributed by atoms with E-state index in [4.69, 9.17) is 16.6 Å². The fourth-order valence-electron chi connectivity index (χ4n) is 6.39. The number of aromatic nitrogens is 3. The topological polar surface area (TPSA) is 177 Å². The third-order valence-electron chi connectivity index (χ3n) is 9.32. The van der Waals surface area contributed by atoms with Crippen LogP contribution in [0.1, 0.15) is 89.8 Å². The summed E-state index contributed by atoms with van der Waals surface area (Å²) in [5.41, 5.74) is 5.18. The van der Waals surface area contributed by atoms with Crippen molar-refractivity contribution in [2.24, 2.45) is 4.99 Å². The number of halogens is 1. The van der Waals surface area contributed by atoms with Crippen molar-refractivity contribution in [3.8, 4) is 5.00 Å². The predicted molar refractivity (Wildman–Crippen MR) is 202 cm³/mol. The quantitative estimate of drug-likeness (QED) is 0.110. The van der Waals surface area contributed by atoms with Gasteiger partial charge >= 0.3 is 0 Å². The first-order valence-corrected chi connectivity index (χ1v) is 18.8. The Kier molecular flexibility index (Phi) is 11.8. The van der Waals surface area contributed by atoms with Gasteiger partial charge in [-0.1, -0.05) is 42.3 Å². The molecule has 0 saturated carbocycles. The Balaban J connectivity index is 0.955. The van der Waals surface area contributed by atoms with Crippen LogP contribution in [0.5, 0.6) is 0 Å². The molecule has 0 bridgehead atoms. The molecule has 2 aromatic carbocycles. The van der Waals surface area contributed by atoms with Crippen LogP contribution in [0.2, 0.25) is 5.02 Å². The van der Waals surface area contributed by atoms with Gasteiger partial charge in [0.05, 0.1) is 18.6 Å². The Hall–Kier alpha value is -5.21. The number of hydrogen-bond acceptors (Lipinski definition) is 9. The number of rotatable bonds is 13. The van der Waals surface area contributed by atoms with Crippen LogP contribution < -0.4 is 21.3 Å². The smallest absolute Gasteiger partial charge is 0.249 e. The van der Waals surface area contributed by atoms with Crippen molar-refractivity contribution >= 4 is 63.9 Å². The third kappa shape index (κ3) is 9.06. The van der Waals surface area contributed by atoms with Gasteiger partial charge in [0.1, 0.15) is 22.9 Å². The van der Waals surface area contributed by atoms with Gasteiger partial charge in [0, 0.05) is 46.1 Å². The van der Waals surface area contributed by atoms with E-state index in [0.717, 1.165) is 45.2 Å². The monoisotopic (exact) mass is 756 g/mol. The second kappa shape index (κ2) is 16.6. The normalized spacial score (nSPS) is 16.5. The molecule has 1 unspecified atom stereocenters. The second-order valence-corrected chi connectivity index (χ2v) is 14.9. The number of fused-ring (bicyclic) bond motifs is 3. The molecular formula is C38H41ClN8O5S. The van der Waals surface area contributed by atoms with Crippen LogP contribution in [0, 0.1) is 20.8 Å². The fourth-order valence-corrected chi connectivity index (χ4v) is 7.73. The van der Waals surface area contributed by atoms with Gasteiger partial charge in [0.2, 0.25) is 29.5 Å². The average Bonchev–Trinajstić information content (AvgIpc) is 3.60. The van der Waals surface area contributed by atoms with Gasteiger partial charge in [-0.15, -0.1) is 21.5 Å². The number of aliphatic imine (C=N–C) groups is 1. The van der Waals surface area contributed by atoms with Crippen molar-refractivity contribution in [1.82, 2.24) is 30.7 Å². The highest BCUT2D eigenvalue weighted by atomic mass is 35.5. The van der Waals surface area contributed by atoms with Crippen LogP contribution >= 0.6 is 22.9 Å². The summed E-state index contributed by atoms with van der Waals surface area (Å²) in [7, 11) is 0. The van der Waals surface area contributed by atoms with Crippen molar-refractivity contribution in [3.63, 3.8) is 0 Å². The standard InChI is InChI=1S/C38H41ClN8O5S/c1-21-22(2)53-38-34(21)35(25-10-12-26(39)13-11-25)43-29(36-46-45-23(3)47(36)38)20-32(50)40-18-6-4-5-7-30(48)41-27-14-8-24(9-15-27)19-33(51)42-28-16-17-31(49)44-37(28)52/h8-15,28-29H,4-7,16-20H2,1-3H3,(H,40,50)(H,41,48)(H,42,51)(H,44,49,52)/t28?,29-/m0/s1. The van der Waals surface area contributed by atoms with Crippen LogP contribution in [-0.4, -0.2) is 62.6 Å². The summed E-state index contributed by atoms with van der Waals surface area (Å²) in [5, 5.41) is 21.2. The molecule has 2 atom stereocenters. The molecule has 53 heavy (non-hydrogen) atoms. The maximum atomic E-state index is 13.2. The number of imide groups is 1. The van der Waals surface area contributed by atoms with Crippen LogP contribution in [0.3, 0.4) is 0 Å². The highest BCUT2D eigenvalue weighted by molar-refractivity contribution is 7.15. The molecule has 4 heterocycles. The van der Waals surface area contributed by atoms with Crippen LogP contribution in [-0.2, 0) is 30.4 Å². The number of anilines is 1. The molecular weight excluding hydrogens is 716 g/mol. The fraction of sp³-hybridized carbons (Fsp3) is 0.368. The van der Waals surface area contributed by atoms with Crippen molar-refractivity contribution in [3.05, 3.63) is 92.3 Å². The number of carbonyl (C=O) groups is 5. The molecule has 5 amide bonds. The predicted octanol–water partition coefficient (Wildman–Crippen LogP) is 4.97. The van der Waals surface area contributed by atoms with Crippen molar-refractivity contribution in [1.29, 1.82) is 0 Å². The highest BCUT2D eigenvalue weighted by Crippen LogP contribution is 2.39. The Morgan fingerprint density at radius 2 is 1.70 bits per heavy atom. The number of carbonyl (C=O) groups excluding carboxylic acids is 5. The zero-order valence-electron chi connectivity index (χ0n) is 29.8. The van der Waals surface area contributed by atoms with Crippen molar-refractivity contribution in [2.75, 3.05) is 11.9 Å². The van der Waals surface area contributed by atoms with Crippen LogP contribution in [0.25, 0.3) is 5.00 Å². The summed E-state index contributed by atoms with van der Waals surface area (Å²) < 4.78 is 2.02. The van der Waals surface area contributed by atoms with Crippen molar-refractivity contribution in [2.45, 2.75) is 84.2 Å². The number of aryl methyl sites for hydroxylation is 2. The lowest BCUT2D eigenvalue weighted by Gasteiger charge is -2.21. The largest absolute Gasteiger partial charge is 0.356 e. The number of nitrogens with zero attached hydrogens (tertiary/aromatic N) is 4. The number of nitrogens with one attached hydrogen (secondary N) is 4. The maximum absolute atomic E-state index is 13.2. The van der Waals surface area contributed by atoms with Crippen LogP contribution in [0.4, 0.5) is 5.69 Å². The Labute approximate surface area is 316 Å². The third-order valence-corrected chi connectivity index (χ3v) is 10.8. The van der Waals surface area contributed by atoms with E-state index in [1.165, 1.54) is 4.88 Å². The van der Waals surface area contributed by atoms with Gasteiger partial charge in [-0.3, -0.25) is 38.8 Å². The molecule has 4 N–H and O–H groups in total. The molecule has 6 rings (SSSR count). The molecule has 4 aromatic rings. The van der Waals surface area contributed by atoms with E-state index in [2.05, 4.69) is 45.3 Å². The number of unbranched alkanes of at least 4 members (excludes halogenated alkanes) is 2. The van der Waals surface area contributed by atoms with Gasteiger partial charge in [-0.05, 0) is 75.4 Å².